The van der Waals surface area contributed by atoms with E-state index in [1.165, 1.54) is 11.1 Å². The summed E-state index contributed by atoms with van der Waals surface area (Å²) in [5, 5.41) is 10.1. The van der Waals surface area contributed by atoms with E-state index < -0.39 is 22.0 Å². The van der Waals surface area contributed by atoms with Crippen molar-refractivity contribution in [3.63, 3.8) is 0 Å². The van der Waals surface area contributed by atoms with Gasteiger partial charge in [0, 0.05) is 40.1 Å². The Balaban J connectivity index is 1.49. The number of ether oxygens (including phenoxy) is 1. The second-order valence-electron chi connectivity index (χ2n) is 10.3. The number of benzene rings is 2. The zero-order chi connectivity index (χ0) is 25.2. The summed E-state index contributed by atoms with van der Waals surface area (Å²) in [6.07, 6.45) is 6.00. The van der Waals surface area contributed by atoms with Crippen molar-refractivity contribution >= 4 is 29.1 Å². The van der Waals surface area contributed by atoms with E-state index >= 15 is 0 Å². The van der Waals surface area contributed by atoms with Crippen molar-refractivity contribution in [3.05, 3.63) is 95.3 Å². The van der Waals surface area contributed by atoms with E-state index in [1.807, 2.05) is 42.6 Å². The van der Waals surface area contributed by atoms with Crippen molar-refractivity contribution < 1.29 is 19.4 Å². The van der Waals surface area contributed by atoms with Crippen LogP contribution >= 0.6 is 11.8 Å². The molecular formula is C30H29NO4S. The van der Waals surface area contributed by atoms with Gasteiger partial charge in [0.1, 0.15) is 5.75 Å². The highest BCUT2D eigenvalue weighted by atomic mass is 32.2. The van der Waals surface area contributed by atoms with Crippen LogP contribution in [0.2, 0.25) is 0 Å². The molecule has 5 unspecified atom stereocenters. The molecule has 3 aliphatic carbocycles. The Hall–Kier alpha value is -3.25. The summed E-state index contributed by atoms with van der Waals surface area (Å²) < 4.78 is 5.48. The average Bonchev–Trinajstić information content (AvgIpc) is 3.56. The lowest BCUT2D eigenvalue weighted by molar-refractivity contribution is -0.154. The Labute approximate surface area is 215 Å². The minimum absolute atomic E-state index is 0.106. The number of carbonyl (C=O) groups is 2. The number of thioether (sulfide) groups is 1. The van der Waals surface area contributed by atoms with Gasteiger partial charge >= 0.3 is 5.97 Å². The fourth-order valence-electron chi connectivity index (χ4n) is 7.37. The van der Waals surface area contributed by atoms with Crippen LogP contribution in [0.15, 0.2) is 67.5 Å². The number of aliphatic carboxylic acids is 1. The summed E-state index contributed by atoms with van der Waals surface area (Å²) in [6.45, 7) is 6.24. The number of hydrogen-bond donors (Lipinski definition) is 2. The van der Waals surface area contributed by atoms with Gasteiger partial charge in [-0.15, -0.1) is 11.8 Å². The maximum absolute atomic E-state index is 13.9. The number of para-hydroxylation sites is 1. The SMILES string of the molecule is C=C(C(=O)C1CC2(C(=O)O)C3CCC(c4ccccc4C)(c4c[nH]cc43)C2S1)c1ccccc1OC. The third-order valence-corrected chi connectivity index (χ3v) is 10.7. The number of carboxylic acid groups (broad SMARTS) is 1. The number of H-pyrrole nitrogens is 1. The van der Waals surface area contributed by atoms with E-state index in [0.29, 0.717) is 23.3 Å². The molecule has 2 aromatic carbocycles. The summed E-state index contributed by atoms with van der Waals surface area (Å²) in [5.41, 5.74) is 4.15. The summed E-state index contributed by atoms with van der Waals surface area (Å²) in [4.78, 5) is 30.5. The molecule has 7 rings (SSSR count). The number of carboxylic acids is 1. The first-order valence-corrected chi connectivity index (χ1v) is 13.3. The van der Waals surface area contributed by atoms with Crippen LogP contribution in [0.3, 0.4) is 0 Å². The molecule has 184 valence electrons. The number of carbonyl (C=O) groups excluding carboxylic acids is 1. The summed E-state index contributed by atoms with van der Waals surface area (Å²) >= 11 is 1.55. The molecular weight excluding hydrogens is 470 g/mol. The maximum Gasteiger partial charge on any atom is 0.311 e. The summed E-state index contributed by atoms with van der Waals surface area (Å²) in [6, 6.07) is 15.7. The van der Waals surface area contributed by atoms with Crippen LogP contribution in [0, 0.1) is 12.3 Å². The van der Waals surface area contributed by atoms with Crippen LogP contribution in [0.25, 0.3) is 5.57 Å². The number of nitrogens with one attached hydrogen (secondary N) is 1. The molecule has 2 N–H and O–H groups in total. The monoisotopic (exact) mass is 499 g/mol. The first-order chi connectivity index (χ1) is 17.4. The summed E-state index contributed by atoms with van der Waals surface area (Å²) in [5.74, 6) is -0.439. The Morgan fingerprint density at radius 2 is 1.86 bits per heavy atom. The molecule has 36 heavy (non-hydrogen) atoms. The lowest BCUT2D eigenvalue weighted by Crippen LogP contribution is -2.60. The zero-order valence-corrected chi connectivity index (χ0v) is 21.2. The third-order valence-electron chi connectivity index (χ3n) is 8.87. The number of aromatic nitrogens is 1. The number of rotatable bonds is 6. The Morgan fingerprint density at radius 1 is 1.11 bits per heavy atom. The van der Waals surface area contributed by atoms with E-state index in [4.69, 9.17) is 4.74 Å². The van der Waals surface area contributed by atoms with Crippen molar-refractivity contribution in [3.8, 4) is 5.75 Å². The quantitative estimate of drug-likeness (QED) is 0.423. The van der Waals surface area contributed by atoms with Crippen LogP contribution in [0.4, 0.5) is 0 Å². The first-order valence-electron chi connectivity index (χ1n) is 12.3. The Kier molecular flexibility index (Phi) is 5.23. The molecule has 2 bridgehead atoms. The van der Waals surface area contributed by atoms with Gasteiger partial charge in [0.15, 0.2) is 5.78 Å². The minimum atomic E-state index is -1.03. The van der Waals surface area contributed by atoms with E-state index in [1.54, 1.807) is 18.9 Å². The largest absolute Gasteiger partial charge is 0.496 e. The molecule has 0 amide bonds. The van der Waals surface area contributed by atoms with E-state index in [9.17, 15) is 14.7 Å². The maximum atomic E-state index is 13.9. The second-order valence-corrected chi connectivity index (χ2v) is 11.6. The molecule has 1 aliphatic heterocycles. The number of aromatic amines is 1. The van der Waals surface area contributed by atoms with Gasteiger partial charge in [-0.1, -0.05) is 49.0 Å². The predicted octanol–water partition coefficient (Wildman–Crippen LogP) is 5.74. The number of aryl methyl sites for hydroxylation is 1. The van der Waals surface area contributed by atoms with E-state index in [0.717, 1.165) is 24.0 Å². The molecule has 3 aromatic rings. The topological polar surface area (TPSA) is 79.4 Å². The van der Waals surface area contributed by atoms with Crippen molar-refractivity contribution in [2.24, 2.45) is 5.41 Å². The average molecular weight is 500 g/mol. The molecule has 6 heteroatoms. The van der Waals surface area contributed by atoms with Gasteiger partial charge < -0.3 is 14.8 Å². The van der Waals surface area contributed by atoms with E-state index in [-0.39, 0.29) is 17.0 Å². The van der Waals surface area contributed by atoms with Gasteiger partial charge in [0.2, 0.25) is 0 Å². The van der Waals surface area contributed by atoms with Gasteiger partial charge in [-0.05, 0) is 54.5 Å². The fourth-order valence-corrected chi connectivity index (χ4v) is 9.54. The van der Waals surface area contributed by atoms with Crippen molar-refractivity contribution in [2.75, 3.05) is 7.11 Å². The van der Waals surface area contributed by atoms with Gasteiger partial charge in [-0.2, -0.15) is 0 Å². The minimum Gasteiger partial charge on any atom is -0.496 e. The number of methoxy groups -OCH3 is 1. The normalized spacial score (nSPS) is 29.9. The second kappa shape index (κ2) is 8.13. The Bertz CT molecular complexity index is 1410. The van der Waals surface area contributed by atoms with Crippen LogP contribution in [-0.4, -0.2) is 39.5 Å². The highest BCUT2D eigenvalue weighted by Gasteiger charge is 2.72. The van der Waals surface area contributed by atoms with Gasteiger partial charge in [-0.3, -0.25) is 9.59 Å². The number of Topliss-reactive ketones (excluding diaryl/α,β-unsaturated/α-hetero) is 1. The molecule has 1 saturated heterocycles. The lowest BCUT2D eigenvalue weighted by atomic mass is 9.45. The smallest absolute Gasteiger partial charge is 0.311 e. The van der Waals surface area contributed by atoms with Crippen LogP contribution < -0.4 is 4.74 Å². The van der Waals surface area contributed by atoms with Gasteiger partial charge in [-0.25, -0.2) is 0 Å². The molecule has 2 heterocycles. The van der Waals surface area contributed by atoms with Crippen molar-refractivity contribution in [1.29, 1.82) is 0 Å². The predicted molar refractivity (Wildman–Crippen MR) is 142 cm³/mol. The standard InChI is InChI=1S/C30H29NO4S/c1-17-8-4-6-10-21(17)29-13-12-22(20-15-31-16-23(20)29)30(28(33)34)14-25(36-27(29)30)26(32)18(2)19-9-5-7-11-24(19)35-3/h4-11,15-16,22,25,27,31H,2,12-14H2,1,3H3,(H,33,34). The van der Waals surface area contributed by atoms with Crippen LogP contribution in [0.5, 0.6) is 5.75 Å². The number of fused-ring (bicyclic) bond motifs is 1. The van der Waals surface area contributed by atoms with Crippen molar-refractivity contribution in [2.45, 2.75) is 48.0 Å². The summed E-state index contributed by atoms with van der Waals surface area (Å²) in [7, 11) is 1.58. The van der Waals surface area contributed by atoms with Gasteiger partial charge in [0.05, 0.1) is 17.8 Å². The number of allylic oxidation sites excluding steroid dienone is 1. The molecule has 4 aliphatic rings. The third kappa shape index (κ3) is 2.85. The van der Waals surface area contributed by atoms with Crippen LogP contribution in [-0.2, 0) is 15.0 Å². The molecule has 0 radical (unpaired) electrons. The number of hydrogen-bond acceptors (Lipinski definition) is 4. The highest BCUT2D eigenvalue weighted by molar-refractivity contribution is 8.01. The molecule has 5 nitrogen and oxygen atoms in total. The fraction of sp³-hybridized carbons (Fsp3) is 0.333. The zero-order valence-electron chi connectivity index (χ0n) is 20.4. The lowest BCUT2D eigenvalue weighted by Gasteiger charge is -2.58. The molecule has 5 atom stereocenters. The highest BCUT2D eigenvalue weighted by Crippen LogP contribution is 2.72. The number of ketones is 1. The molecule has 2 fully saturated rings. The van der Waals surface area contributed by atoms with Gasteiger partial charge in [0.25, 0.3) is 0 Å². The first kappa shape index (κ1) is 23.2. The molecule has 0 spiro atoms. The molecule has 1 aromatic heterocycles. The molecule has 1 saturated carbocycles. The Morgan fingerprint density at radius 3 is 2.61 bits per heavy atom. The van der Waals surface area contributed by atoms with Crippen molar-refractivity contribution in [1.82, 2.24) is 4.98 Å². The van der Waals surface area contributed by atoms with E-state index in [2.05, 4.69) is 36.8 Å². The van der Waals surface area contributed by atoms with Crippen LogP contribution in [0.1, 0.15) is 53.0 Å².